The number of fused-ring (bicyclic) bond motifs is 3. The summed E-state index contributed by atoms with van der Waals surface area (Å²) < 4.78 is 58.1. The molecule has 2 aromatic heterocycles. The quantitative estimate of drug-likeness (QED) is 0.212. The van der Waals surface area contributed by atoms with E-state index in [0.29, 0.717) is 73.5 Å². The second-order valence-corrected chi connectivity index (χ2v) is 14.8. The summed E-state index contributed by atoms with van der Waals surface area (Å²) in [4.78, 5) is 35.4. The maximum absolute atomic E-state index is 17.0. The first-order valence-corrected chi connectivity index (χ1v) is 18.7. The van der Waals surface area contributed by atoms with E-state index in [1.165, 1.54) is 12.3 Å². The van der Waals surface area contributed by atoms with Crippen LogP contribution < -0.4 is 9.64 Å². The molecule has 4 aliphatic heterocycles. The van der Waals surface area contributed by atoms with Crippen LogP contribution in [-0.4, -0.2) is 125 Å². The van der Waals surface area contributed by atoms with Crippen molar-refractivity contribution >= 4 is 33.4 Å². The number of hydrogen-bond acceptors (Lipinski definition) is 10. The van der Waals surface area contributed by atoms with Crippen molar-refractivity contribution in [2.75, 3.05) is 77.1 Å². The molecule has 0 unspecified atom stereocenters. The van der Waals surface area contributed by atoms with E-state index in [4.69, 9.17) is 14.5 Å². The number of ether oxygens (including phenoxy) is 2. The van der Waals surface area contributed by atoms with Gasteiger partial charge in [-0.15, -0.1) is 0 Å². The highest BCUT2D eigenvalue weighted by Crippen LogP contribution is 2.41. The first-order valence-electron chi connectivity index (χ1n) is 18.7. The van der Waals surface area contributed by atoms with Gasteiger partial charge in [0.05, 0.1) is 42.7 Å². The second kappa shape index (κ2) is 15.1. The van der Waals surface area contributed by atoms with Gasteiger partial charge in [-0.05, 0) is 48.7 Å². The van der Waals surface area contributed by atoms with Crippen molar-refractivity contribution in [3.63, 3.8) is 0 Å². The molecule has 0 spiro atoms. The summed E-state index contributed by atoms with van der Waals surface area (Å²) in [5.74, 6) is -0.935. The molecular formula is C40H43F3N8O3. The number of hydrogen-bond donors (Lipinski definition) is 0. The number of nitriles is 1. The normalized spacial score (nSPS) is 23.8. The van der Waals surface area contributed by atoms with Gasteiger partial charge >= 0.3 is 6.01 Å². The van der Waals surface area contributed by atoms with E-state index in [2.05, 4.69) is 25.8 Å². The minimum atomic E-state index is -0.952. The van der Waals surface area contributed by atoms with Crippen molar-refractivity contribution in [2.24, 2.45) is 0 Å². The third kappa shape index (κ3) is 6.85. The number of anilines is 1. The Morgan fingerprint density at radius 2 is 1.96 bits per heavy atom. The molecule has 4 aliphatic rings. The molecule has 4 fully saturated rings. The van der Waals surface area contributed by atoms with Gasteiger partial charge in [-0.1, -0.05) is 30.3 Å². The van der Waals surface area contributed by atoms with Crippen LogP contribution in [0, 0.1) is 29.9 Å². The average Bonchev–Trinajstić information content (AvgIpc) is 3.71. The van der Waals surface area contributed by atoms with E-state index in [1.54, 1.807) is 36.1 Å². The number of alkyl halides is 1. The predicted molar refractivity (Wildman–Crippen MR) is 198 cm³/mol. The number of halogens is 3. The van der Waals surface area contributed by atoms with Crippen molar-refractivity contribution in [1.82, 2.24) is 29.7 Å². The zero-order valence-electron chi connectivity index (χ0n) is 30.3. The molecule has 14 heteroatoms. The first-order chi connectivity index (χ1) is 26.2. The summed E-state index contributed by atoms with van der Waals surface area (Å²) in [5, 5.41) is 11.4. The Hall–Kier alpha value is -4.84. The van der Waals surface area contributed by atoms with Crippen LogP contribution in [0.4, 0.5) is 19.0 Å². The van der Waals surface area contributed by atoms with Crippen LogP contribution in [0.25, 0.3) is 32.9 Å². The van der Waals surface area contributed by atoms with Crippen molar-refractivity contribution in [2.45, 2.75) is 50.4 Å². The average molecular weight is 741 g/mol. The molecule has 54 heavy (non-hydrogen) atoms. The second-order valence-electron chi connectivity index (χ2n) is 14.8. The molecule has 0 N–H and O–H groups in total. The van der Waals surface area contributed by atoms with Gasteiger partial charge in [0.15, 0.2) is 5.82 Å². The van der Waals surface area contributed by atoms with Gasteiger partial charge in [0.2, 0.25) is 5.91 Å². The summed E-state index contributed by atoms with van der Waals surface area (Å²) in [6.07, 6.45) is 6.13. The summed E-state index contributed by atoms with van der Waals surface area (Å²) in [5.41, 5.74) is 0.309. The highest BCUT2D eigenvalue weighted by molar-refractivity contribution is 6.00. The molecule has 4 aromatic rings. The van der Waals surface area contributed by atoms with Crippen molar-refractivity contribution in [1.29, 1.82) is 5.26 Å². The van der Waals surface area contributed by atoms with E-state index >= 15 is 4.39 Å². The van der Waals surface area contributed by atoms with Crippen LogP contribution in [0.5, 0.6) is 6.01 Å². The predicted octanol–water partition coefficient (Wildman–Crippen LogP) is 5.21. The summed E-state index contributed by atoms with van der Waals surface area (Å²) >= 11 is 0. The van der Waals surface area contributed by atoms with Crippen molar-refractivity contribution < 1.29 is 27.4 Å². The molecule has 0 radical (unpaired) electrons. The van der Waals surface area contributed by atoms with E-state index in [-0.39, 0.29) is 42.7 Å². The SMILES string of the molecule is Cc1c(F)ccc2cccc(-c3ncc4c(N5CCN(C(=O)/C=C/CN6CCOCC6)[C@@H](CC#N)C5)nc(OC[C@@]56CCCN5C[C@H](F)C6)nc4c3F)c12. The maximum atomic E-state index is 17.0. The lowest BCUT2D eigenvalue weighted by Crippen LogP contribution is -2.55. The number of morpholine rings is 1. The third-order valence-corrected chi connectivity index (χ3v) is 11.5. The Morgan fingerprint density at radius 1 is 1.11 bits per heavy atom. The minimum absolute atomic E-state index is 0.00988. The number of aromatic nitrogens is 3. The van der Waals surface area contributed by atoms with Gasteiger partial charge in [0.25, 0.3) is 0 Å². The molecule has 8 rings (SSSR count). The molecule has 3 atom stereocenters. The first kappa shape index (κ1) is 36.2. The number of nitrogens with zero attached hydrogens (tertiary/aromatic N) is 8. The standard InChI is InChI=1S/C40H43F3N8O3/c1-26-32(42)9-8-27-5-2-6-30(34(26)27)36-35(43)37-31(22-45-36)38(47-39(46-37)54-25-40-11-4-14-50(40)23-28(41)21-40)49-15-16-51(29(24-49)10-12-44)33(52)7-3-13-48-17-19-53-20-18-48/h2-3,5-9,22,28-29H,4,10-11,13-21,23-25H2,1H3/b7-3+/t28-,29+,40+/m1/s1. The lowest BCUT2D eigenvalue weighted by molar-refractivity contribution is -0.128. The van der Waals surface area contributed by atoms with Gasteiger partial charge in [-0.25, -0.2) is 13.2 Å². The molecule has 2 aromatic carbocycles. The van der Waals surface area contributed by atoms with Crippen LogP contribution in [0.15, 0.2) is 48.7 Å². The third-order valence-electron chi connectivity index (χ3n) is 11.5. The Balaban J connectivity index is 1.14. The Kier molecular flexibility index (Phi) is 10.1. The largest absolute Gasteiger partial charge is 0.461 e. The number of rotatable bonds is 9. The Morgan fingerprint density at radius 3 is 2.80 bits per heavy atom. The molecule has 0 bridgehead atoms. The smallest absolute Gasteiger partial charge is 0.319 e. The number of aryl methyl sites for hydroxylation is 1. The molecule has 1 amide bonds. The fourth-order valence-electron chi connectivity index (χ4n) is 8.69. The monoisotopic (exact) mass is 740 g/mol. The lowest BCUT2D eigenvalue weighted by Gasteiger charge is -2.41. The van der Waals surface area contributed by atoms with Crippen molar-refractivity contribution in [3.8, 4) is 23.3 Å². The van der Waals surface area contributed by atoms with Crippen molar-refractivity contribution in [3.05, 3.63) is 65.9 Å². The highest BCUT2D eigenvalue weighted by atomic mass is 19.1. The number of benzene rings is 2. The van der Waals surface area contributed by atoms with Gasteiger partial charge in [0, 0.05) is 70.1 Å². The zero-order valence-corrected chi connectivity index (χ0v) is 30.3. The number of carbonyl (C=O) groups excluding carboxylic acids is 1. The zero-order chi connectivity index (χ0) is 37.4. The van der Waals surface area contributed by atoms with Crippen LogP contribution in [0.1, 0.15) is 31.2 Å². The van der Waals surface area contributed by atoms with E-state index < -0.39 is 29.4 Å². The van der Waals surface area contributed by atoms with Gasteiger partial charge in [-0.3, -0.25) is 19.6 Å². The van der Waals surface area contributed by atoms with Gasteiger partial charge in [0.1, 0.15) is 35.6 Å². The number of carbonyl (C=O) groups is 1. The molecule has 0 saturated carbocycles. The number of piperazine rings is 1. The van der Waals surface area contributed by atoms with Gasteiger partial charge in [-0.2, -0.15) is 15.2 Å². The molecule has 11 nitrogen and oxygen atoms in total. The minimum Gasteiger partial charge on any atom is -0.461 e. The molecular weight excluding hydrogens is 697 g/mol. The number of pyridine rings is 1. The van der Waals surface area contributed by atoms with E-state index in [0.717, 1.165) is 37.9 Å². The van der Waals surface area contributed by atoms with Gasteiger partial charge < -0.3 is 19.3 Å². The molecule has 282 valence electrons. The fourth-order valence-corrected chi connectivity index (χ4v) is 8.69. The van der Waals surface area contributed by atoms with E-state index in [1.807, 2.05) is 17.0 Å². The Bertz CT molecular complexity index is 2140. The summed E-state index contributed by atoms with van der Waals surface area (Å²) in [6, 6.07) is 10.1. The molecule has 0 aliphatic carbocycles. The fraction of sp³-hybridized carbons (Fsp3) is 0.475. The van der Waals surface area contributed by atoms with Crippen LogP contribution >= 0.6 is 0 Å². The Labute approximate surface area is 312 Å². The summed E-state index contributed by atoms with van der Waals surface area (Å²) in [7, 11) is 0. The van der Waals surface area contributed by atoms with E-state index in [9.17, 15) is 18.8 Å². The molecule has 4 saturated heterocycles. The lowest BCUT2D eigenvalue weighted by atomic mass is 9.95. The molecule has 6 heterocycles. The maximum Gasteiger partial charge on any atom is 0.319 e. The van der Waals surface area contributed by atoms with Crippen LogP contribution in [-0.2, 0) is 9.53 Å². The van der Waals surface area contributed by atoms with Crippen LogP contribution in [0.3, 0.4) is 0 Å². The highest BCUT2D eigenvalue weighted by Gasteiger charge is 2.49. The topological polar surface area (TPSA) is 111 Å². The summed E-state index contributed by atoms with van der Waals surface area (Å²) in [6.45, 7) is 7.43. The number of amides is 1. The van der Waals surface area contributed by atoms with Crippen LogP contribution in [0.2, 0.25) is 0 Å².